The third kappa shape index (κ3) is 5.70. The molecule has 0 unspecified atom stereocenters. The van der Waals surface area contributed by atoms with Gasteiger partial charge >= 0.3 is 0 Å². The molecule has 0 saturated carbocycles. The van der Waals surface area contributed by atoms with Gasteiger partial charge in [0.15, 0.2) is 11.0 Å². The Labute approximate surface area is 177 Å². The molecule has 0 aliphatic rings. The van der Waals surface area contributed by atoms with Crippen molar-refractivity contribution in [3.05, 3.63) is 42.5 Å². The molecular formula is C22H29N5OS. The van der Waals surface area contributed by atoms with Gasteiger partial charge in [0.1, 0.15) is 0 Å². The average Bonchev–Trinajstić information content (AvgIpc) is 3.07. The number of thioether (sulfide) groups is 1. The molecule has 1 aromatic carbocycles. The summed E-state index contributed by atoms with van der Waals surface area (Å²) in [6.07, 6.45) is 2.12. The quantitative estimate of drug-likeness (QED) is 0.479. The lowest BCUT2D eigenvalue weighted by Crippen LogP contribution is -2.34. The Bertz CT molecular complexity index is 889. The van der Waals surface area contributed by atoms with Crippen LogP contribution in [0, 0.1) is 11.3 Å². The minimum Gasteiger partial charge on any atom is -0.344 e. The van der Waals surface area contributed by atoms with Crippen molar-refractivity contribution in [2.24, 2.45) is 0 Å². The number of nitrogens with zero attached hydrogens (tertiary/aromatic N) is 5. The fourth-order valence-corrected chi connectivity index (χ4v) is 3.82. The molecule has 2 aromatic rings. The first-order valence-corrected chi connectivity index (χ1v) is 10.5. The second-order valence-corrected chi connectivity index (χ2v) is 9.27. The second kappa shape index (κ2) is 9.75. The van der Waals surface area contributed by atoms with Crippen LogP contribution in [0.2, 0.25) is 0 Å². The van der Waals surface area contributed by atoms with Crippen LogP contribution >= 0.6 is 11.8 Å². The maximum absolute atomic E-state index is 12.5. The summed E-state index contributed by atoms with van der Waals surface area (Å²) < 4.78 is 1.98. The van der Waals surface area contributed by atoms with Crippen molar-refractivity contribution in [3.63, 3.8) is 0 Å². The number of hydrogen-bond acceptors (Lipinski definition) is 5. The minimum atomic E-state index is -0.331. The van der Waals surface area contributed by atoms with Gasteiger partial charge in [-0.2, -0.15) is 5.26 Å². The maximum atomic E-state index is 12.5. The first-order valence-electron chi connectivity index (χ1n) is 9.62. The van der Waals surface area contributed by atoms with E-state index in [0.717, 1.165) is 11.4 Å². The summed E-state index contributed by atoms with van der Waals surface area (Å²) in [5, 5.41) is 17.8. The predicted molar refractivity (Wildman–Crippen MR) is 118 cm³/mol. The summed E-state index contributed by atoms with van der Waals surface area (Å²) in [6.45, 7) is 13.2. The third-order valence-corrected chi connectivity index (χ3v) is 5.67. The maximum Gasteiger partial charge on any atom is 0.235 e. The van der Waals surface area contributed by atoms with Gasteiger partial charge in [-0.05, 0) is 17.9 Å². The Morgan fingerprint density at radius 2 is 2.00 bits per heavy atom. The molecule has 6 nitrogen and oxygen atoms in total. The van der Waals surface area contributed by atoms with Crippen molar-refractivity contribution in [1.82, 2.24) is 19.7 Å². The zero-order valence-corrected chi connectivity index (χ0v) is 18.7. The van der Waals surface area contributed by atoms with Crippen LogP contribution in [0.3, 0.4) is 0 Å². The Morgan fingerprint density at radius 1 is 1.34 bits per heavy atom. The monoisotopic (exact) mass is 411 g/mol. The van der Waals surface area contributed by atoms with Crippen molar-refractivity contribution in [3.8, 4) is 17.5 Å². The highest BCUT2D eigenvalue weighted by atomic mass is 32.2. The summed E-state index contributed by atoms with van der Waals surface area (Å²) in [7, 11) is 1.72. The first-order chi connectivity index (χ1) is 13.7. The number of carbonyl (C=O) groups excluding carboxylic acids is 1. The average molecular weight is 412 g/mol. The van der Waals surface area contributed by atoms with Gasteiger partial charge in [-0.3, -0.25) is 9.36 Å². The van der Waals surface area contributed by atoms with Crippen molar-refractivity contribution >= 4 is 17.7 Å². The standard InChI is InChI=1S/C22H29N5OS/c1-7-14-27-19(17-9-11-18(12-10-17)22(3,4)5)24-25-21(27)29-16(2)20(28)26(6)15-8-13-23/h7,9-12,16H,1,8,14-15H2,2-6H3/t16-/m1/s1. The molecule has 7 heteroatoms. The third-order valence-electron chi connectivity index (χ3n) is 4.60. The van der Waals surface area contributed by atoms with E-state index in [2.05, 4.69) is 67.9 Å². The van der Waals surface area contributed by atoms with Crippen molar-refractivity contribution in [1.29, 1.82) is 5.26 Å². The van der Waals surface area contributed by atoms with E-state index in [1.54, 1.807) is 18.0 Å². The zero-order chi connectivity index (χ0) is 21.6. The van der Waals surface area contributed by atoms with E-state index in [0.29, 0.717) is 24.7 Å². The van der Waals surface area contributed by atoms with Gasteiger partial charge in [-0.15, -0.1) is 16.8 Å². The Kier molecular flexibility index (Phi) is 7.63. The minimum absolute atomic E-state index is 0.0329. The summed E-state index contributed by atoms with van der Waals surface area (Å²) in [4.78, 5) is 14.1. The molecule has 0 spiro atoms. The molecule has 1 aromatic heterocycles. The lowest BCUT2D eigenvalue weighted by Gasteiger charge is -2.20. The van der Waals surface area contributed by atoms with E-state index in [-0.39, 0.29) is 16.6 Å². The fraction of sp³-hybridized carbons (Fsp3) is 0.455. The highest BCUT2D eigenvalue weighted by Gasteiger charge is 2.23. The van der Waals surface area contributed by atoms with E-state index < -0.39 is 0 Å². The smallest absolute Gasteiger partial charge is 0.235 e. The van der Waals surface area contributed by atoms with Gasteiger partial charge in [-0.1, -0.05) is 62.9 Å². The summed E-state index contributed by atoms with van der Waals surface area (Å²) in [6, 6.07) is 10.4. The molecule has 2 rings (SSSR count). The van der Waals surface area contributed by atoms with Crippen LogP contribution in [0.25, 0.3) is 11.4 Å². The van der Waals surface area contributed by atoms with Crippen LogP contribution in [0.15, 0.2) is 42.1 Å². The fourth-order valence-electron chi connectivity index (χ4n) is 2.85. The van der Waals surface area contributed by atoms with Gasteiger partial charge in [0.25, 0.3) is 0 Å². The predicted octanol–water partition coefficient (Wildman–Crippen LogP) is 4.28. The Morgan fingerprint density at radius 3 is 2.55 bits per heavy atom. The molecule has 0 N–H and O–H groups in total. The number of nitriles is 1. The molecule has 154 valence electrons. The molecule has 0 bridgehead atoms. The molecule has 29 heavy (non-hydrogen) atoms. The van der Waals surface area contributed by atoms with Crippen LogP contribution in [-0.4, -0.2) is 44.4 Å². The van der Waals surface area contributed by atoms with Crippen LogP contribution < -0.4 is 0 Å². The van der Waals surface area contributed by atoms with Crippen molar-refractivity contribution in [2.75, 3.05) is 13.6 Å². The van der Waals surface area contributed by atoms with Crippen LogP contribution in [-0.2, 0) is 16.8 Å². The number of amides is 1. The molecule has 0 saturated heterocycles. The van der Waals surface area contributed by atoms with Gasteiger partial charge in [-0.25, -0.2) is 0 Å². The van der Waals surface area contributed by atoms with E-state index in [1.807, 2.05) is 11.5 Å². The number of benzene rings is 1. The largest absolute Gasteiger partial charge is 0.344 e. The zero-order valence-electron chi connectivity index (χ0n) is 17.8. The van der Waals surface area contributed by atoms with E-state index >= 15 is 0 Å². The molecule has 0 radical (unpaired) electrons. The summed E-state index contributed by atoms with van der Waals surface area (Å²) >= 11 is 1.37. The number of carbonyl (C=O) groups is 1. The van der Waals surface area contributed by atoms with Crippen molar-refractivity contribution < 1.29 is 4.79 Å². The van der Waals surface area contributed by atoms with Crippen LogP contribution in [0.5, 0.6) is 0 Å². The van der Waals surface area contributed by atoms with Gasteiger partial charge in [0, 0.05) is 25.7 Å². The normalized spacial score (nSPS) is 12.3. The lowest BCUT2D eigenvalue weighted by molar-refractivity contribution is -0.128. The highest BCUT2D eigenvalue weighted by Crippen LogP contribution is 2.29. The lowest BCUT2D eigenvalue weighted by atomic mass is 9.87. The molecule has 0 fully saturated rings. The van der Waals surface area contributed by atoms with E-state index in [9.17, 15) is 4.79 Å². The van der Waals surface area contributed by atoms with Gasteiger partial charge in [0.05, 0.1) is 17.7 Å². The van der Waals surface area contributed by atoms with Crippen LogP contribution in [0.1, 0.15) is 39.7 Å². The van der Waals surface area contributed by atoms with E-state index in [4.69, 9.17) is 5.26 Å². The molecule has 1 heterocycles. The first kappa shape index (κ1) is 22.7. The van der Waals surface area contributed by atoms with Gasteiger partial charge < -0.3 is 4.90 Å². The molecular weight excluding hydrogens is 382 g/mol. The number of hydrogen-bond donors (Lipinski definition) is 0. The summed E-state index contributed by atoms with van der Waals surface area (Å²) in [5.74, 6) is 0.722. The Balaban J connectivity index is 2.25. The topological polar surface area (TPSA) is 74.8 Å². The summed E-state index contributed by atoms with van der Waals surface area (Å²) in [5.41, 5.74) is 2.32. The highest BCUT2D eigenvalue weighted by molar-refractivity contribution is 8.00. The molecule has 1 atom stereocenters. The molecule has 1 amide bonds. The number of allylic oxidation sites excluding steroid dienone is 1. The molecule has 0 aliphatic carbocycles. The van der Waals surface area contributed by atoms with Crippen LogP contribution in [0.4, 0.5) is 0 Å². The number of aromatic nitrogens is 3. The van der Waals surface area contributed by atoms with E-state index in [1.165, 1.54) is 17.3 Å². The SMILES string of the molecule is C=CCn1c(S[C@H](C)C(=O)N(C)CCC#N)nnc1-c1ccc(C(C)(C)C)cc1. The van der Waals surface area contributed by atoms with Gasteiger partial charge in [0.2, 0.25) is 5.91 Å². The second-order valence-electron chi connectivity index (χ2n) is 7.96. The number of rotatable bonds is 8. The Hall–Kier alpha value is -2.59. The molecule has 0 aliphatic heterocycles. The van der Waals surface area contributed by atoms with Crippen molar-refractivity contribution in [2.45, 2.75) is 56.5 Å².